The zero-order valence-corrected chi connectivity index (χ0v) is 9.82. The fourth-order valence-corrected chi connectivity index (χ4v) is 2.07. The summed E-state index contributed by atoms with van der Waals surface area (Å²) in [6, 6.07) is -0.200. The third-order valence-corrected chi connectivity index (χ3v) is 3.33. The summed E-state index contributed by atoms with van der Waals surface area (Å²) in [5.74, 6) is 0.291. The fourth-order valence-electron chi connectivity index (χ4n) is 2.07. The van der Waals surface area contributed by atoms with Gasteiger partial charge in [-0.05, 0) is 31.1 Å². The predicted octanol–water partition coefficient (Wildman–Crippen LogP) is 1.19. The van der Waals surface area contributed by atoms with Crippen molar-refractivity contribution in [2.24, 2.45) is 11.8 Å². The Morgan fingerprint density at radius 2 is 1.94 bits per heavy atom. The molecule has 1 fully saturated rings. The van der Waals surface area contributed by atoms with E-state index in [0.717, 1.165) is 19.3 Å². The summed E-state index contributed by atoms with van der Waals surface area (Å²) in [5.41, 5.74) is 0. The maximum atomic E-state index is 11.3. The standard InChI is InChI=1S/C11H20N2O3/c1-7-3-4-9(5-8(7)2)13-11(16)12-6-10(14)15/h7-9H,3-6H2,1-2H3,(H,14,15)(H2,12,13,16). The van der Waals surface area contributed by atoms with E-state index in [0.29, 0.717) is 11.8 Å². The van der Waals surface area contributed by atoms with Crippen LogP contribution in [-0.2, 0) is 4.79 Å². The van der Waals surface area contributed by atoms with Crippen LogP contribution in [0.2, 0.25) is 0 Å². The lowest BCUT2D eigenvalue weighted by Crippen LogP contribution is -2.46. The van der Waals surface area contributed by atoms with Gasteiger partial charge in [-0.1, -0.05) is 13.8 Å². The molecule has 1 saturated carbocycles. The van der Waals surface area contributed by atoms with E-state index < -0.39 is 5.97 Å². The summed E-state index contributed by atoms with van der Waals surface area (Å²) < 4.78 is 0. The Hall–Kier alpha value is -1.26. The van der Waals surface area contributed by atoms with Gasteiger partial charge in [0.2, 0.25) is 0 Å². The van der Waals surface area contributed by atoms with E-state index in [2.05, 4.69) is 24.5 Å². The third-order valence-electron chi connectivity index (χ3n) is 3.33. The van der Waals surface area contributed by atoms with Gasteiger partial charge >= 0.3 is 12.0 Å². The molecule has 0 spiro atoms. The van der Waals surface area contributed by atoms with Gasteiger partial charge in [0.05, 0.1) is 0 Å². The molecule has 1 aliphatic rings. The van der Waals surface area contributed by atoms with E-state index in [1.54, 1.807) is 0 Å². The van der Waals surface area contributed by atoms with E-state index in [4.69, 9.17) is 5.11 Å². The Morgan fingerprint density at radius 1 is 1.25 bits per heavy atom. The molecular weight excluding hydrogens is 208 g/mol. The number of amides is 2. The zero-order valence-electron chi connectivity index (χ0n) is 9.82. The minimum Gasteiger partial charge on any atom is -0.480 e. The van der Waals surface area contributed by atoms with E-state index in [-0.39, 0.29) is 18.6 Å². The van der Waals surface area contributed by atoms with Gasteiger partial charge in [0, 0.05) is 6.04 Å². The summed E-state index contributed by atoms with van der Waals surface area (Å²) in [6.45, 7) is 4.09. The van der Waals surface area contributed by atoms with Crippen molar-refractivity contribution in [2.45, 2.75) is 39.2 Å². The number of nitrogens with one attached hydrogen (secondary N) is 2. The Balaban J connectivity index is 2.26. The molecule has 0 heterocycles. The Kier molecular flexibility index (Phi) is 4.58. The summed E-state index contributed by atoms with van der Waals surface area (Å²) >= 11 is 0. The number of urea groups is 1. The topological polar surface area (TPSA) is 78.4 Å². The average molecular weight is 228 g/mol. The van der Waals surface area contributed by atoms with Crippen molar-refractivity contribution < 1.29 is 14.7 Å². The van der Waals surface area contributed by atoms with Crippen molar-refractivity contribution in [3.63, 3.8) is 0 Å². The first-order valence-corrected chi connectivity index (χ1v) is 5.75. The number of hydrogen-bond acceptors (Lipinski definition) is 2. The lowest BCUT2D eigenvalue weighted by Gasteiger charge is -2.32. The van der Waals surface area contributed by atoms with Crippen LogP contribution in [0.15, 0.2) is 0 Å². The smallest absolute Gasteiger partial charge is 0.323 e. The summed E-state index contributed by atoms with van der Waals surface area (Å²) in [7, 11) is 0. The molecule has 1 aliphatic carbocycles. The predicted molar refractivity (Wildman–Crippen MR) is 60.1 cm³/mol. The number of aliphatic carboxylic acids is 1. The van der Waals surface area contributed by atoms with Crippen LogP contribution in [0.3, 0.4) is 0 Å². The second kappa shape index (κ2) is 5.72. The second-order valence-electron chi connectivity index (χ2n) is 4.69. The Bertz CT molecular complexity index is 268. The van der Waals surface area contributed by atoms with Crippen LogP contribution in [0.4, 0.5) is 4.79 Å². The first-order valence-electron chi connectivity index (χ1n) is 5.75. The Labute approximate surface area is 95.6 Å². The largest absolute Gasteiger partial charge is 0.480 e. The highest BCUT2D eigenvalue weighted by atomic mass is 16.4. The number of hydrogen-bond donors (Lipinski definition) is 3. The Morgan fingerprint density at radius 3 is 2.50 bits per heavy atom. The molecule has 0 aromatic heterocycles. The van der Waals surface area contributed by atoms with Gasteiger partial charge in [0.25, 0.3) is 0 Å². The molecule has 0 radical (unpaired) electrons. The van der Waals surface area contributed by atoms with Gasteiger partial charge < -0.3 is 15.7 Å². The van der Waals surface area contributed by atoms with Crippen LogP contribution < -0.4 is 10.6 Å². The molecule has 0 aromatic rings. The van der Waals surface area contributed by atoms with E-state index in [9.17, 15) is 9.59 Å². The number of carbonyl (C=O) groups is 2. The average Bonchev–Trinajstić information content (AvgIpc) is 2.21. The maximum Gasteiger partial charge on any atom is 0.323 e. The summed E-state index contributed by atoms with van der Waals surface area (Å²) in [5, 5.41) is 13.5. The number of carboxylic acid groups (broad SMARTS) is 1. The SMILES string of the molecule is CC1CCC(NC(=O)NCC(=O)O)CC1C. The van der Waals surface area contributed by atoms with E-state index in [1.807, 2.05) is 0 Å². The normalized spacial score (nSPS) is 29.5. The molecule has 2 amide bonds. The monoisotopic (exact) mass is 228 g/mol. The minimum atomic E-state index is -1.03. The van der Waals surface area contributed by atoms with E-state index >= 15 is 0 Å². The highest BCUT2D eigenvalue weighted by Crippen LogP contribution is 2.29. The van der Waals surface area contributed by atoms with Crippen molar-refractivity contribution >= 4 is 12.0 Å². The van der Waals surface area contributed by atoms with Crippen LogP contribution in [0.5, 0.6) is 0 Å². The summed E-state index contributed by atoms with van der Waals surface area (Å²) in [6.07, 6.45) is 3.07. The van der Waals surface area contributed by atoms with Crippen LogP contribution in [-0.4, -0.2) is 29.7 Å². The van der Waals surface area contributed by atoms with Gasteiger partial charge in [0.1, 0.15) is 6.54 Å². The van der Waals surface area contributed by atoms with Gasteiger partial charge in [-0.15, -0.1) is 0 Å². The second-order valence-corrected chi connectivity index (χ2v) is 4.69. The molecule has 92 valence electrons. The molecule has 0 aromatic carbocycles. The van der Waals surface area contributed by atoms with Crippen molar-refractivity contribution in [3.8, 4) is 0 Å². The van der Waals surface area contributed by atoms with Gasteiger partial charge in [-0.25, -0.2) is 4.79 Å². The molecule has 3 N–H and O–H groups in total. The lowest BCUT2D eigenvalue weighted by atomic mass is 9.79. The van der Waals surface area contributed by atoms with Crippen molar-refractivity contribution in [1.82, 2.24) is 10.6 Å². The van der Waals surface area contributed by atoms with Crippen molar-refractivity contribution in [2.75, 3.05) is 6.54 Å². The minimum absolute atomic E-state index is 0.181. The van der Waals surface area contributed by atoms with Crippen LogP contribution in [0, 0.1) is 11.8 Å². The van der Waals surface area contributed by atoms with Crippen LogP contribution in [0.25, 0.3) is 0 Å². The molecule has 0 saturated heterocycles. The fraction of sp³-hybridized carbons (Fsp3) is 0.818. The highest BCUT2D eigenvalue weighted by Gasteiger charge is 2.25. The van der Waals surface area contributed by atoms with Crippen molar-refractivity contribution in [1.29, 1.82) is 0 Å². The van der Waals surface area contributed by atoms with Crippen LogP contribution >= 0.6 is 0 Å². The zero-order chi connectivity index (χ0) is 12.1. The number of carbonyl (C=O) groups excluding carboxylic acids is 1. The van der Waals surface area contributed by atoms with Crippen molar-refractivity contribution in [3.05, 3.63) is 0 Å². The van der Waals surface area contributed by atoms with Gasteiger partial charge in [-0.3, -0.25) is 4.79 Å². The highest BCUT2D eigenvalue weighted by molar-refractivity contribution is 5.79. The molecule has 3 atom stereocenters. The molecule has 3 unspecified atom stereocenters. The molecule has 1 rings (SSSR count). The summed E-state index contributed by atoms with van der Waals surface area (Å²) in [4.78, 5) is 21.6. The van der Waals surface area contributed by atoms with E-state index in [1.165, 1.54) is 0 Å². The molecule has 0 bridgehead atoms. The number of carboxylic acids is 1. The quantitative estimate of drug-likeness (QED) is 0.679. The lowest BCUT2D eigenvalue weighted by molar-refractivity contribution is -0.135. The molecule has 0 aliphatic heterocycles. The molecule has 16 heavy (non-hydrogen) atoms. The van der Waals surface area contributed by atoms with Crippen LogP contribution in [0.1, 0.15) is 33.1 Å². The number of rotatable bonds is 3. The molecule has 5 heteroatoms. The van der Waals surface area contributed by atoms with Gasteiger partial charge in [-0.2, -0.15) is 0 Å². The molecule has 5 nitrogen and oxygen atoms in total. The van der Waals surface area contributed by atoms with Gasteiger partial charge in [0.15, 0.2) is 0 Å². The first-order chi connectivity index (χ1) is 7.49. The third kappa shape index (κ3) is 4.08. The maximum absolute atomic E-state index is 11.3. The molecular formula is C11H20N2O3. The first kappa shape index (κ1) is 12.8.